The monoisotopic (exact) mass is 305 g/mol. The summed E-state index contributed by atoms with van der Waals surface area (Å²) in [6, 6.07) is 6.35. The molecule has 1 unspecified atom stereocenters. The summed E-state index contributed by atoms with van der Waals surface area (Å²) in [7, 11) is 1.60. The molecule has 22 heavy (non-hydrogen) atoms. The molecule has 118 valence electrons. The van der Waals surface area contributed by atoms with Gasteiger partial charge in [-0.1, -0.05) is 12.1 Å². The SMILES string of the molecule is COCC1CN(C(=O)C=Cc2ccc(C(=O)O)cc2)CCO1. The Morgan fingerprint density at radius 1 is 1.41 bits per heavy atom. The second-order valence-corrected chi connectivity index (χ2v) is 4.99. The first-order valence-corrected chi connectivity index (χ1v) is 7.01. The maximum atomic E-state index is 12.1. The van der Waals surface area contributed by atoms with Crippen LogP contribution in [-0.2, 0) is 14.3 Å². The highest BCUT2D eigenvalue weighted by Gasteiger charge is 2.22. The van der Waals surface area contributed by atoms with Gasteiger partial charge in [-0.05, 0) is 23.8 Å². The van der Waals surface area contributed by atoms with Crippen molar-refractivity contribution in [1.29, 1.82) is 0 Å². The van der Waals surface area contributed by atoms with Gasteiger partial charge in [0.2, 0.25) is 5.91 Å². The van der Waals surface area contributed by atoms with Gasteiger partial charge in [-0.15, -0.1) is 0 Å². The molecule has 0 spiro atoms. The van der Waals surface area contributed by atoms with E-state index < -0.39 is 5.97 Å². The van der Waals surface area contributed by atoms with Gasteiger partial charge in [0.1, 0.15) is 0 Å². The molecule has 0 aromatic heterocycles. The second-order valence-electron chi connectivity index (χ2n) is 4.99. The van der Waals surface area contributed by atoms with Crippen LogP contribution in [0.25, 0.3) is 6.08 Å². The normalized spacial score (nSPS) is 18.6. The zero-order chi connectivity index (χ0) is 15.9. The first kappa shape index (κ1) is 16.2. The second kappa shape index (κ2) is 7.72. The number of morpholine rings is 1. The Balaban J connectivity index is 1.94. The van der Waals surface area contributed by atoms with Crippen LogP contribution in [0, 0.1) is 0 Å². The van der Waals surface area contributed by atoms with Crippen molar-refractivity contribution < 1.29 is 24.2 Å². The van der Waals surface area contributed by atoms with Crippen LogP contribution in [0.2, 0.25) is 0 Å². The van der Waals surface area contributed by atoms with Crippen molar-refractivity contribution in [1.82, 2.24) is 4.90 Å². The van der Waals surface area contributed by atoms with Gasteiger partial charge in [-0.3, -0.25) is 4.79 Å². The number of amides is 1. The van der Waals surface area contributed by atoms with Gasteiger partial charge in [-0.2, -0.15) is 0 Å². The van der Waals surface area contributed by atoms with Crippen molar-refractivity contribution >= 4 is 18.0 Å². The number of carbonyl (C=O) groups is 2. The maximum Gasteiger partial charge on any atom is 0.335 e. The standard InChI is InChI=1S/C16H19NO5/c1-21-11-14-10-17(8-9-22-14)15(18)7-4-12-2-5-13(6-3-12)16(19)20/h2-7,14H,8-11H2,1H3,(H,19,20). The fraction of sp³-hybridized carbons (Fsp3) is 0.375. The van der Waals surface area contributed by atoms with E-state index in [1.54, 1.807) is 30.2 Å². The number of hydrogen-bond acceptors (Lipinski definition) is 4. The Morgan fingerprint density at radius 2 is 2.14 bits per heavy atom. The van der Waals surface area contributed by atoms with Crippen LogP contribution in [-0.4, -0.2) is 61.4 Å². The van der Waals surface area contributed by atoms with Crippen molar-refractivity contribution in [2.45, 2.75) is 6.10 Å². The molecule has 6 nitrogen and oxygen atoms in total. The minimum atomic E-state index is -0.968. The van der Waals surface area contributed by atoms with E-state index in [0.29, 0.717) is 26.3 Å². The summed E-state index contributed by atoms with van der Waals surface area (Å²) in [4.78, 5) is 24.6. The summed E-state index contributed by atoms with van der Waals surface area (Å²) < 4.78 is 10.5. The van der Waals surface area contributed by atoms with Gasteiger partial charge in [0, 0.05) is 26.3 Å². The average molecular weight is 305 g/mol. The number of aromatic carboxylic acids is 1. The van der Waals surface area contributed by atoms with Crippen LogP contribution >= 0.6 is 0 Å². The molecule has 0 bridgehead atoms. The third-order valence-corrected chi connectivity index (χ3v) is 3.38. The smallest absolute Gasteiger partial charge is 0.335 e. The molecular weight excluding hydrogens is 286 g/mol. The van der Waals surface area contributed by atoms with Crippen molar-refractivity contribution in [3.05, 3.63) is 41.5 Å². The quantitative estimate of drug-likeness (QED) is 0.829. The Kier molecular flexibility index (Phi) is 5.68. The van der Waals surface area contributed by atoms with Crippen LogP contribution in [0.5, 0.6) is 0 Å². The fourth-order valence-corrected chi connectivity index (χ4v) is 2.22. The molecule has 1 atom stereocenters. The summed E-state index contributed by atoms with van der Waals surface area (Å²) in [5.74, 6) is -1.06. The number of methoxy groups -OCH3 is 1. The average Bonchev–Trinajstić information content (AvgIpc) is 2.53. The van der Waals surface area contributed by atoms with Crippen molar-refractivity contribution in [2.24, 2.45) is 0 Å². The fourth-order valence-electron chi connectivity index (χ4n) is 2.22. The highest BCUT2D eigenvalue weighted by atomic mass is 16.5. The molecule has 1 heterocycles. The van der Waals surface area contributed by atoms with E-state index in [1.165, 1.54) is 18.2 Å². The lowest BCUT2D eigenvalue weighted by atomic mass is 10.1. The molecular formula is C16H19NO5. The van der Waals surface area contributed by atoms with E-state index in [1.807, 2.05) is 0 Å². The van der Waals surface area contributed by atoms with Crippen molar-refractivity contribution in [2.75, 3.05) is 33.4 Å². The first-order valence-electron chi connectivity index (χ1n) is 7.01. The summed E-state index contributed by atoms with van der Waals surface area (Å²) in [6.45, 7) is 2.03. The number of carboxylic acids is 1. The Hall–Kier alpha value is -2.18. The molecule has 1 saturated heterocycles. The molecule has 2 rings (SSSR count). The highest BCUT2D eigenvalue weighted by Crippen LogP contribution is 2.09. The van der Waals surface area contributed by atoms with Crippen LogP contribution in [0.1, 0.15) is 15.9 Å². The Morgan fingerprint density at radius 3 is 2.77 bits per heavy atom. The van der Waals surface area contributed by atoms with Crippen LogP contribution in [0.15, 0.2) is 30.3 Å². The lowest BCUT2D eigenvalue weighted by molar-refractivity contribution is -0.135. The number of rotatable bonds is 5. The van der Waals surface area contributed by atoms with Gasteiger partial charge in [0.25, 0.3) is 0 Å². The van der Waals surface area contributed by atoms with E-state index in [9.17, 15) is 9.59 Å². The van der Waals surface area contributed by atoms with Gasteiger partial charge >= 0.3 is 5.97 Å². The minimum Gasteiger partial charge on any atom is -0.478 e. The minimum absolute atomic E-state index is 0.0910. The molecule has 1 N–H and O–H groups in total. The van der Waals surface area contributed by atoms with E-state index in [0.717, 1.165) is 5.56 Å². The summed E-state index contributed by atoms with van der Waals surface area (Å²) in [5, 5.41) is 8.83. The number of carboxylic acid groups (broad SMARTS) is 1. The highest BCUT2D eigenvalue weighted by molar-refractivity contribution is 5.92. The van der Waals surface area contributed by atoms with Crippen LogP contribution in [0.4, 0.5) is 0 Å². The van der Waals surface area contributed by atoms with E-state index >= 15 is 0 Å². The van der Waals surface area contributed by atoms with Crippen molar-refractivity contribution in [3.63, 3.8) is 0 Å². The Bertz CT molecular complexity index is 550. The zero-order valence-corrected chi connectivity index (χ0v) is 12.4. The number of benzene rings is 1. The largest absolute Gasteiger partial charge is 0.478 e. The summed E-state index contributed by atoms with van der Waals surface area (Å²) in [6.07, 6.45) is 3.07. The van der Waals surface area contributed by atoms with E-state index in [2.05, 4.69) is 0 Å². The molecule has 0 radical (unpaired) electrons. The predicted octanol–water partition coefficient (Wildman–Crippen LogP) is 1.27. The topological polar surface area (TPSA) is 76.1 Å². The predicted molar refractivity (Wildman–Crippen MR) is 80.6 cm³/mol. The van der Waals surface area contributed by atoms with Crippen LogP contribution < -0.4 is 0 Å². The molecule has 6 heteroatoms. The lowest BCUT2D eigenvalue weighted by Gasteiger charge is -2.31. The zero-order valence-electron chi connectivity index (χ0n) is 12.4. The lowest BCUT2D eigenvalue weighted by Crippen LogP contribution is -2.46. The number of carbonyl (C=O) groups excluding carboxylic acids is 1. The van der Waals surface area contributed by atoms with E-state index in [-0.39, 0.29) is 17.6 Å². The number of nitrogens with zero attached hydrogens (tertiary/aromatic N) is 1. The van der Waals surface area contributed by atoms with Gasteiger partial charge in [0.05, 0.1) is 24.9 Å². The van der Waals surface area contributed by atoms with Gasteiger partial charge in [0.15, 0.2) is 0 Å². The summed E-state index contributed by atoms with van der Waals surface area (Å²) >= 11 is 0. The van der Waals surface area contributed by atoms with Gasteiger partial charge < -0.3 is 19.5 Å². The molecule has 1 aromatic rings. The third-order valence-electron chi connectivity index (χ3n) is 3.38. The molecule has 1 fully saturated rings. The molecule has 0 aliphatic carbocycles. The van der Waals surface area contributed by atoms with Crippen LogP contribution in [0.3, 0.4) is 0 Å². The van der Waals surface area contributed by atoms with E-state index in [4.69, 9.17) is 14.6 Å². The van der Waals surface area contributed by atoms with Gasteiger partial charge in [-0.25, -0.2) is 4.79 Å². The molecule has 1 aromatic carbocycles. The maximum absolute atomic E-state index is 12.1. The molecule has 1 aliphatic rings. The summed E-state index contributed by atoms with van der Waals surface area (Å²) in [5.41, 5.74) is 0.999. The van der Waals surface area contributed by atoms with Crippen molar-refractivity contribution in [3.8, 4) is 0 Å². The molecule has 0 saturated carbocycles. The Labute approximate surface area is 128 Å². The number of ether oxygens (including phenoxy) is 2. The molecule has 1 aliphatic heterocycles. The third kappa shape index (κ3) is 4.41. The molecule has 1 amide bonds. The first-order chi connectivity index (χ1) is 10.6. The number of hydrogen-bond donors (Lipinski definition) is 1.